The van der Waals surface area contributed by atoms with Crippen molar-refractivity contribution in [2.24, 2.45) is 0 Å². The molecule has 0 atom stereocenters. The van der Waals surface area contributed by atoms with Gasteiger partial charge in [0.05, 0.1) is 0 Å². The van der Waals surface area contributed by atoms with Gasteiger partial charge in [-0.2, -0.15) is 0 Å². The second-order valence-corrected chi connectivity index (χ2v) is 8.72. The number of anilines is 1. The van der Waals surface area contributed by atoms with Gasteiger partial charge in [-0.1, -0.05) is 12.1 Å². The van der Waals surface area contributed by atoms with Gasteiger partial charge in [-0.25, -0.2) is 0 Å². The zero-order chi connectivity index (χ0) is 23.4. The SMILES string of the molecule is CCN(CCNC(=O)c1ccc(Cc2c(C)c(C)c(C)c(C)c2C)o1)c1cccc(C)c1. The molecule has 1 heterocycles. The predicted octanol–water partition coefficient (Wildman–Crippen LogP) is 5.98. The van der Waals surface area contributed by atoms with Gasteiger partial charge < -0.3 is 14.6 Å². The normalized spacial score (nSPS) is 11.0. The highest BCUT2D eigenvalue weighted by molar-refractivity contribution is 5.91. The van der Waals surface area contributed by atoms with Crippen molar-refractivity contribution in [3.8, 4) is 0 Å². The number of nitrogens with zero attached hydrogens (tertiary/aromatic N) is 1. The molecule has 0 saturated heterocycles. The Morgan fingerprint density at radius 3 is 2.19 bits per heavy atom. The summed E-state index contributed by atoms with van der Waals surface area (Å²) in [6.07, 6.45) is 0.698. The molecule has 1 amide bonds. The van der Waals surface area contributed by atoms with Crippen LogP contribution in [0.4, 0.5) is 5.69 Å². The number of rotatable bonds is 8. The summed E-state index contributed by atoms with van der Waals surface area (Å²) >= 11 is 0. The lowest BCUT2D eigenvalue weighted by Gasteiger charge is -2.23. The first kappa shape index (κ1) is 23.6. The van der Waals surface area contributed by atoms with E-state index < -0.39 is 0 Å². The van der Waals surface area contributed by atoms with Crippen LogP contribution in [0.2, 0.25) is 0 Å². The lowest BCUT2D eigenvalue weighted by molar-refractivity contribution is 0.0925. The molecule has 0 unspecified atom stereocenters. The molecule has 0 saturated carbocycles. The molecule has 0 radical (unpaired) electrons. The van der Waals surface area contributed by atoms with Crippen molar-refractivity contribution in [3.63, 3.8) is 0 Å². The molecule has 3 aromatic rings. The molecule has 1 aromatic heterocycles. The van der Waals surface area contributed by atoms with Crippen LogP contribution >= 0.6 is 0 Å². The molecule has 0 aliphatic heterocycles. The Morgan fingerprint density at radius 2 is 1.56 bits per heavy atom. The molecule has 2 aromatic carbocycles. The topological polar surface area (TPSA) is 45.5 Å². The lowest BCUT2D eigenvalue weighted by atomic mass is 9.88. The van der Waals surface area contributed by atoms with Gasteiger partial charge in [0.2, 0.25) is 0 Å². The molecule has 4 heteroatoms. The molecule has 3 rings (SSSR count). The third-order valence-corrected chi connectivity index (χ3v) is 6.81. The maximum absolute atomic E-state index is 12.6. The molecule has 170 valence electrons. The molecule has 1 N–H and O–H groups in total. The van der Waals surface area contributed by atoms with Crippen LogP contribution in [0.5, 0.6) is 0 Å². The molecule has 0 aliphatic carbocycles. The van der Waals surface area contributed by atoms with Crippen LogP contribution < -0.4 is 10.2 Å². The number of hydrogen-bond acceptors (Lipinski definition) is 3. The van der Waals surface area contributed by atoms with E-state index in [9.17, 15) is 4.79 Å². The Kier molecular flexibility index (Phi) is 7.44. The summed E-state index contributed by atoms with van der Waals surface area (Å²) < 4.78 is 5.93. The monoisotopic (exact) mass is 432 g/mol. The molecular formula is C28H36N2O2. The number of furan rings is 1. The van der Waals surface area contributed by atoms with E-state index in [1.165, 1.54) is 44.6 Å². The van der Waals surface area contributed by atoms with E-state index in [2.05, 4.69) is 82.9 Å². The summed E-state index contributed by atoms with van der Waals surface area (Å²) in [5, 5.41) is 3.00. The Balaban J connectivity index is 1.63. The van der Waals surface area contributed by atoms with Crippen LogP contribution in [-0.4, -0.2) is 25.5 Å². The second-order valence-electron chi connectivity index (χ2n) is 8.72. The first-order valence-electron chi connectivity index (χ1n) is 11.5. The van der Waals surface area contributed by atoms with E-state index in [-0.39, 0.29) is 5.91 Å². The Bertz CT molecular complexity index is 1080. The van der Waals surface area contributed by atoms with Crippen LogP contribution in [0.15, 0.2) is 40.8 Å². The average molecular weight is 433 g/mol. The quantitative estimate of drug-likeness (QED) is 0.476. The summed E-state index contributed by atoms with van der Waals surface area (Å²) in [4.78, 5) is 14.9. The van der Waals surface area contributed by atoms with Gasteiger partial charge in [-0.05, 0) is 112 Å². The number of benzene rings is 2. The number of hydrogen-bond donors (Lipinski definition) is 1. The molecular weight excluding hydrogens is 396 g/mol. The zero-order valence-electron chi connectivity index (χ0n) is 20.6. The fraction of sp³-hybridized carbons (Fsp3) is 0.393. The maximum atomic E-state index is 12.6. The molecule has 0 spiro atoms. The highest BCUT2D eigenvalue weighted by atomic mass is 16.3. The largest absolute Gasteiger partial charge is 0.456 e. The van der Waals surface area contributed by atoms with Crippen LogP contribution in [0, 0.1) is 41.5 Å². The number of carbonyl (C=O) groups is 1. The number of aryl methyl sites for hydroxylation is 1. The van der Waals surface area contributed by atoms with Crippen molar-refractivity contribution in [2.75, 3.05) is 24.5 Å². The lowest BCUT2D eigenvalue weighted by Crippen LogP contribution is -2.34. The van der Waals surface area contributed by atoms with Crippen LogP contribution in [0.3, 0.4) is 0 Å². The van der Waals surface area contributed by atoms with Gasteiger partial charge in [-0.15, -0.1) is 0 Å². The molecule has 32 heavy (non-hydrogen) atoms. The fourth-order valence-corrected chi connectivity index (χ4v) is 4.30. The minimum atomic E-state index is -0.166. The van der Waals surface area contributed by atoms with E-state index in [0.717, 1.165) is 18.8 Å². The van der Waals surface area contributed by atoms with Gasteiger partial charge in [0.15, 0.2) is 5.76 Å². The summed E-state index contributed by atoms with van der Waals surface area (Å²) in [6, 6.07) is 12.1. The number of carbonyl (C=O) groups excluding carboxylic acids is 1. The maximum Gasteiger partial charge on any atom is 0.287 e. The van der Waals surface area contributed by atoms with Crippen molar-refractivity contribution in [2.45, 2.75) is 54.9 Å². The molecule has 0 aliphatic rings. The fourth-order valence-electron chi connectivity index (χ4n) is 4.30. The molecule has 4 nitrogen and oxygen atoms in total. The summed E-state index contributed by atoms with van der Waals surface area (Å²) in [5.41, 5.74) is 10.4. The van der Waals surface area contributed by atoms with Crippen LogP contribution in [-0.2, 0) is 6.42 Å². The molecule has 0 bridgehead atoms. The second kappa shape index (κ2) is 10.1. The van der Waals surface area contributed by atoms with Crippen molar-refractivity contribution in [3.05, 3.63) is 86.9 Å². The standard InChI is InChI=1S/C28H36N2O2/c1-8-30(24-11-9-10-18(2)16-24)15-14-29-28(31)27-13-12-25(32-27)17-26-22(6)20(4)19(3)21(5)23(26)7/h9-13,16H,8,14-15,17H2,1-7H3,(H,29,31). The minimum Gasteiger partial charge on any atom is -0.456 e. The van der Waals surface area contributed by atoms with E-state index in [0.29, 0.717) is 18.7 Å². The number of nitrogens with one attached hydrogen (secondary N) is 1. The summed E-state index contributed by atoms with van der Waals surface area (Å²) in [5.74, 6) is 1.02. The first-order valence-corrected chi connectivity index (χ1v) is 11.5. The van der Waals surface area contributed by atoms with E-state index in [1.54, 1.807) is 6.07 Å². The summed E-state index contributed by atoms with van der Waals surface area (Å²) in [6.45, 7) is 17.3. The van der Waals surface area contributed by atoms with Crippen LogP contribution in [0.25, 0.3) is 0 Å². The Hall–Kier alpha value is -3.01. The van der Waals surface area contributed by atoms with Crippen molar-refractivity contribution < 1.29 is 9.21 Å². The van der Waals surface area contributed by atoms with Gasteiger partial charge >= 0.3 is 0 Å². The van der Waals surface area contributed by atoms with Gasteiger partial charge in [0, 0.05) is 31.7 Å². The predicted molar refractivity (Wildman–Crippen MR) is 133 cm³/mol. The molecule has 0 fully saturated rings. The van der Waals surface area contributed by atoms with Crippen LogP contribution in [0.1, 0.15) is 62.2 Å². The van der Waals surface area contributed by atoms with Gasteiger partial charge in [-0.3, -0.25) is 4.79 Å². The third-order valence-electron chi connectivity index (χ3n) is 6.81. The third kappa shape index (κ3) is 5.07. The first-order chi connectivity index (χ1) is 15.2. The highest BCUT2D eigenvalue weighted by Crippen LogP contribution is 2.28. The minimum absolute atomic E-state index is 0.166. The van der Waals surface area contributed by atoms with E-state index in [4.69, 9.17) is 4.42 Å². The van der Waals surface area contributed by atoms with Gasteiger partial charge in [0.25, 0.3) is 5.91 Å². The smallest absolute Gasteiger partial charge is 0.287 e. The Morgan fingerprint density at radius 1 is 0.906 bits per heavy atom. The van der Waals surface area contributed by atoms with E-state index >= 15 is 0 Å². The Labute approximate surface area is 192 Å². The van der Waals surface area contributed by atoms with Crippen molar-refractivity contribution >= 4 is 11.6 Å². The zero-order valence-corrected chi connectivity index (χ0v) is 20.6. The summed E-state index contributed by atoms with van der Waals surface area (Å²) in [7, 11) is 0. The van der Waals surface area contributed by atoms with Gasteiger partial charge in [0.1, 0.15) is 5.76 Å². The van der Waals surface area contributed by atoms with Crippen molar-refractivity contribution in [1.82, 2.24) is 5.32 Å². The number of amides is 1. The van der Waals surface area contributed by atoms with Crippen molar-refractivity contribution in [1.29, 1.82) is 0 Å². The van der Waals surface area contributed by atoms with E-state index in [1.807, 2.05) is 6.07 Å². The average Bonchev–Trinajstić information content (AvgIpc) is 3.25. The highest BCUT2D eigenvalue weighted by Gasteiger charge is 2.16. The number of likely N-dealkylation sites (N-methyl/N-ethyl adjacent to an activating group) is 1.